The highest BCUT2D eigenvalue weighted by Crippen LogP contribution is 2.32. The second-order valence-electron chi connectivity index (χ2n) is 2.52. The summed E-state index contributed by atoms with van der Waals surface area (Å²) in [6.07, 6.45) is -4.75. The minimum atomic E-state index is -4.75. The van der Waals surface area contributed by atoms with Crippen molar-refractivity contribution in [1.29, 1.82) is 0 Å². The molecule has 0 radical (unpaired) electrons. The second-order valence-corrected chi connectivity index (χ2v) is 2.78. The van der Waals surface area contributed by atoms with Crippen molar-refractivity contribution < 1.29 is 17.9 Å². The number of halogens is 4. The van der Waals surface area contributed by atoms with Crippen molar-refractivity contribution in [3.8, 4) is 5.75 Å². The van der Waals surface area contributed by atoms with Crippen molar-refractivity contribution in [2.24, 2.45) is 0 Å². The molecule has 14 heavy (non-hydrogen) atoms. The first-order valence-corrected chi connectivity index (χ1v) is 4.16. The van der Waals surface area contributed by atoms with E-state index in [0.29, 0.717) is 0 Å². The number of alkyl halides is 4. The van der Waals surface area contributed by atoms with Gasteiger partial charge in [-0.15, -0.1) is 24.8 Å². The zero-order chi connectivity index (χ0) is 10.8. The highest BCUT2D eigenvalue weighted by molar-refractivity contribution is 6.17. The summed E-state index contributed by atoms with van der Waals surface area (Å²) >= 11 is 5.43. The molecule has 1 aromatic rings. The molecular formula is C8H7ClF3NO. The molecule has 0 saturated heterocycles. The Balaban J connectivity index is 3.05. The summed E-state index contributed by atoms with van der Waals surface area (Å²) in [4.78, 5) is 0. The van der Waals surface area contributed by atoms with Gasteiger partial charge in [-0.2, -0.15) is 0 Å². The summed E-state index contributed by atoms with van der Waals surface area (Å²) in [6, 6.07) is 4.25. The predicted octanol–water partition coefficient (Wildman–Crippen LogP) is 2.91. The molecule has 0 amide bonds. The number of rotatable bonds is 2. The average Bonchev–Trinajstić information content (AvgIpc) is 2.06. The lowest BCUT2D eigenvalue weighted by Crippen LogP contribution is -2.19. The van der Waals surface area contributed by atoms with Gasteiger partial charge in [0.25, 0.3) is 0 Å². The lowest BCUT2D eigenvalue weighted by Gasteiger charge is -2.13. The molecule has 78 valence electrons. The van der Waals surface area contributed by atoms with Crippen LogP contribution in [0.2, 0.25) is 0 Å². The van der Waals surface area contributed by atoms with Gasteiger partial charge in [0.1, 0.15) is 0 Å². The van der Waals surface area contributed by atoms with Crippen LogP contribution in [0.4, 0.5) is 18.9 Å². The van der Waals surface area contributed by atoms with E-state index in [1.807, 2.05) is 0 Å². The summed E-state index contributed by atoms with van der Waals surface area (Å²) in [6.45, 7) is 0. The third-order valence-electron chi connectivity index (χ3n) is 1.49. The van der Waals surface area contributed by atoms with Gasteiger partial charge >= 0.3 is 6.36 Å². The third kappa shape index (κ3) is 2.70. The molecule has 0 aromatic heterocycles. The van der Waals surface area contributed by atoms with Gasteiger partial charge in [0.05, 0.1) is 11.6 Å². The first-order valence-electron chi connectivity index (χ1n) is 3.63. The monoisotopic (exact) mass is 225 g/mol. The minimum absolute atomic E-state index is 0.0829. The number of nitrogens with two attached hydrogens (primary N) is 1. The van der Waals surface area contributed by atoms with Crippen LogP contribution in [-0.2, 0) is 5.88 Å². The molecule has 0 aliphatic carbocycles. The van der Waals surface area contributed by atoms with E-state index in [4.69, 9.17) is 17.3 Å². The van der Waals surface area contributed by atoms with E-state index >= 15 is 0 Å². The van der Waals surface area contributed by atoms with Crippen molar-refractivity contribution >= 4 is 17.3 Å². The Labute approximate surface area is 83.4 Å². The molecule has 2 N–H and O–H groups in total. The zero-order valence-electron chi connectivity index (χ0n) is 6.94. The number of hydrogen-bond donors (Lipinski definition) is 1. The molecule has 0 saturated carbocycles. The van der Waals surface area contributed by atoms with Crippen LogP contribution in [0.15, 0.2) is 18.2 Å². The molecule has 0 bridgehead atoms. The number of hydrogen-bond acceptors (Lipinski definition) is 2. The van der Waals surface area contributed by atoms with E-state index in [0.717, 1.165) is 0 Å². The predicted molar refractivity (Wildman–Crippen MR) is 47.1 cm³/mol. The van der Waals surface area contributed by atoms with Gasteiger partial charge in [-0.1, -0.05) is 12.1 Å². The molecule has 2 nitrogen and oxygen atoms in total. The van der Waals surface area contributed by atoms with Crippen molar-refractivity contribution in [2.75, 3.05) is 5.73 Å². The van der Waals surface area contributed by atoms with E-state index in [1.54, 1.807) is 0 Å². The van der Waals surface area contributed by atoms with Crippen molar-refractivity contribution in [1.82, 2.24) is 0 Å². The van der Waals surface area contributed by atoms with Gasteiger partial charge in [0, 0.05) is 5.56 Å². The highest BCUT2D eigenvalue weighted by Gasteiger charge is 2.32. The number of benzene rings is 1. The number of nitrogen functional groups attached to an aromatic ring is 1. The largest absolute Gasteiger partial charge is 0.573 e. The lowest BCUT2D eigenvalue weighted by atomic mass is 10.2. The first kappa shape index (κ1) is 11.0. The maximum absolute atomic E-state index is 11.9. The molecule has 6 heteroatoms. The summed E-state index contributed by atoms with van der Waals surface area (Å²) in [5, 5.41) is 0. The van der Waals surface area contributed by atoms with E-state index in [9.17, 15) is 13.2 Å². The second kappa shape index (κ2) is 3.96. The van der Waals surface area contributed by atoms with Gasteiger partial charge in [-0.3, -0.25) is 0 Å². The summed E-state index contributed by atoms with van der Waals surface area (Å²) < 4.78 is 39.5. The summed E-state index contributed by atoms with van der Waals surface area (Å²) in [5.74, 6) is -0.508. The summed E-state index contributed by atoms with van der Waals surface area (Å²) in [7, 11) is 0. The van der Waals surface area contributed by atoms with E-state index in [2.05, 4.69) is 4.74 Å². The van der Waals surface area contributed by atoms with Gasteiger partial charge in [0.15, 0.2) is 5.75 Å². The zero-order valence-corrected chi connectivity index (χ0v) is 7.69. The van der Waals surface area contributed by atoms with E-state index in [1.165, 1.54) is 18.2 Å². The maximum atomic E-state index is 11.9. The van der Waals surface area contributed by atoms with Gasteiger partial charge in [-0.25, -0.2) is 0 Å². The normalized spacial score (nSPS) is 11.4. The number of ether oxygens (including phenoxy) is 1. The number of para-hydroxylation sites is 1. The fourth-order valence-electron chi connectivity index (χ4n) is 0.950. The first-order chi connectivity index (χ1) is 6.44. The van der Waals surface area contributed by atoms with Crippen LogP contribution in [0.1, 0.15) is 5.56 Å². The standard InChI is InChI=1S/C8H7ClF3NO/c9-4-5-2-1-3-6(13)7(5)14-8(10,11)12/h1-3H,4,13H2. The van der Waals surface area contributed by atoms with Crippen molar-refractivity contribution in [3.05, 3.63) is 23.8 Å². The van der Waals surface area contributed by atoms with Gasteiger partial charge in [0.2, 0.25) is 0 Å². The molecule has 0 unspecified atom stereocenters. The Morgan fingerprint density at radius 2 is 2.00 bits per heavy atom. The smallest absolute Gasteiger partial charge is 0.403 e. The molecule has 0 aliphatic rings. The van der Waals surface area contributed by atoms with Crippen molar-refractivity contribution in [2.45, 2.75) is 12.2 Å². The van der Waals surface area contributed by atoms with Crippen LogP contribution < -0.4 is 10.5 Å². The van der Waals surface area contributed by atoms with Crippen LogP contribution in [-0.4, -0.2) is 6.36 Å². The van der Waals surface area contributed by atoms with Gasteiger partial charge < -0.3 is 10.5 Å². The molecule has 0 heterocycles. The third-order valence-corrected chi connectivity index (χ3v) is 1.78. The van der Waals surface area contributed by atoms with Crippen LogP contribution >= 0.6 is 11.6 Å². The minimum Gasteiger partial charge on any atom is -0.403 e. The molecule has 1 aromatic carbocycles. The average molecular weight is 226 g/mol. The summed E-state index contributed by atoms with van der Waals surface area (Å²) in [5.41, 5.74) is 5.45. The van der Waals surface area contributed by atoms with Crippen LogP contribution in [0.3, 0.4) is 0 Å². The van der Waals surface area contributed by atoms with Crippen LogP contribution in [0.5, 0.6) is 5.75 Å². The fraction of sp³-hybridized carbons (Fsp3) is 0.250. The Bertz CT molecular complexity index is 327. The maximum Gasteiger partial charge on any atom is 0.573 e. The Morgan fingerprint density at radius 1 is 1.36 bits per heavy atom. The van der Waals surface area contributed by atoms with E-state index < -0.39 is 12.1 Å². The molecule has 1 rings (SSSR count). The fourth-order valence-corrected chi connectivity index (χ4v) is 1.16. The number of anilines is 1. The molecule has 0 aliphatic heterocycles. The van der Waals surface area contributed by atoms with Crippen LogP contribution in [0, 0.1) is 0 Å². The van der Waals surface area contributed by atoms with Crippen LogP contribution in [0.25, 0.3) is 0 Å². The lowest BCUT2D eigenvalue weighted by molar-refractivity contribution is -0.274. The highest BCUT2D eigenvalue weighted by atomic mass is 35.5. The molecule has 0 fully saturated rings. The molecule has 0 spiro atoms. The molecular weight excluding hydrogens is 219 g/mol. The van der Waals surface area contributed by atoms with Gasteiger partial charge in [-0.05, 0) is 6.07 Å². The van der Waals surface area contributed by atoms with E-state index in [-0.39, 0.29) is 17.1 Å². The SMILES string of the molecule is Nc1cccc(CCl)c1OC(F)(F)F. The topological polar surface area (TPSA) is 35.2 Å². The molecule has 0 atom stereocenters. The Kier molecular flexibility index (Phi) is 3.10. The Hall–Kier alpha value is -1.10. The Morgan fingerprint density at radius 3 is 2.50 bits per heavy atom. The quantitative estimate of drug-likeness (QED) is 0.621. The van der Waals surface area contributed by atoms with Crippen molar-refractivity contribution in [3.63, 3.8) is 0 Å².